The fourth-order valence-electron chi connectivity index (χ4n) is 3.81. The molecule has 1 heterocycles. The fourth-order valence-corrected chi connectivity index (χ4v) is 3.81. The van der Waals surface area contributed by atoms with Crippen LogP contribution >= 0.6 is 0 Å². The molecule has 172 valence electrons. The minimum atomic E-state index is -0.583. The maximum absolute atomic E-state index is 13.2. The second-order valence-electron chi connectivity index (χ2n) is 9.91. The van der Waals surface area contributed by atoms with Gasteiger partial charge in [-0.15, -0.1) is 0 Å². The van der Waals surface area contributed by atoms with E-state index in [1.807, 2.05) is 45.0 Å². The summed E-state index contributed by atoms with van der Waals surface area (Å²) < 4.78 is 0. The van der Waals surface area contributed by atoms with E-state index in [9.17, 15) is 14.4 Å². The van der Waals surface area contributed by atoms with E-state index >= 15 is 0 Å². The minimum Gasteiger partial charge on any atom is -0.356 e. The number of hydrogen-bond acceptors (Lipinski definition) is 3. The molecule has 0 spiro atoms. The zero-order chi connectivity index (χ0) is 23.2. The van der Waals surface area contributed by atoms with Crippen molar-refractivity contribution in [3.8, 4) is 0 Å². The molecule has 2 N–H and O–H groups in total. The van der Waals surface area contributed by atoms with Gasteiger partial charge in [-0.25, -0.2) is 0 Å². The van der Waals surface area contributed by atoms with Crippen LogP contribution in [-0.4, -0.2) is 48.3 Å². The molecule has 0 aromatic heterocycles. The highest BCUT2D eigenvalue weighted by Gasteiger charge is 2.33. The van der Waals surface area contributed by atoms with Gasteiger partial charge in [0.2, 0.25) is 11.8 Å². The lowest BCUT2D eigenvalue weighted by molar-refractivity contribution is -0.138. The quantitative estimate of drug-likeness (QED) is 0.696. The summed E-state index contributed by atoms with van der Waals surface area (Å²) in [4.78, 5) is 39.9. The first-order valence-electron chi connectivity index (χ1n) is 11.5. The smallest absolute Gasteiger partial charge is 0.251 e. The predicted octanol–water partition coefficient (Wildman–Crippen LogP) is 3.50. The van der Waals surface area contributed by atoms with Gasteiger partial charge >= 0.3 is 0 Å². The summed E-state index contributed by atoms with van der Waals surface area (Å²) in [6.07, 6.45) is 2.24. The lowest BCUT2D eigenvalue weighted by Gasteiger charge is -2.35. The number of nitrogens with one attached hydrogen (secondary N) is 2. The number of carbonyl (C=O) groups is 3. The molecular weight excluding hydrogens is 390 g/mol. The lowest BCUT2D eigenvalue weighted by Crippen LogP contribution is -2.53. The van der Waals surface area contributed by atoms with Gasteiger partial charge in [0.25, 0.3) is 5.91 Å². The maximum atomic E-state index is 13.2. The van der Waals surface area contributed by atoms with Crippen molar-refractivity contribution >= 4 is 17.7 Å². The fraction of sp³-hybridized carbons (Fsp3) is 0.640. The topological polar surface area (TPSA) is 78.5 Å². The van der Waals surface area contributed by atoms with Gasteiger partial charge in [0, 0.05) is 31.1 Å². The highest BCUT2D eigenvalue weighted by molar-refractivity contribution is 5.97. The van der Waals surface area contributed by atoms with Gasteiger partial charge in [0.05, 0.1) is 0 Å². The molecule has 1 aromatic rings. The third-order valence-electron chi connectivity index (χ3n) is 5.96. The van der Waals surface area contributed by atoms with Crippen molar-refractivity contribution in [3.05, 3.63) is 35.4 Å². The van der Waals surface area contributed by atoms with Crippen LogP contribution in [0.2, 0.25) is 0 Å². The molecule has 1 aliphatic heterocycles. The summed E-state index contributed by atoms with van der Waals surface area (Å²) in [6, 6.07) is 6.99. The zero-order valence-electron chi connectivity index (χ0n) is 20.0. The van der Waals surface area contributed by atoms with E-state index in [0.29, 0.717) is 38.0 Å². The van der Waals surface area contributed by atoms with E-state index in [1.54, 1.807) is 4.90 Å². The lowest BCUT2D eigenvalue weighted by atomic mass is 9.86. The first kappa shape index (κ1) is 24.9. The molecule has 0 bridgehead atoms. The summed E-state index contributed by atoms with van der Waals surface area (Å²) in [5, 5.41) is 5.89. The van der Waals surface area contributed by atoms with Gasteiger partial charge < -0.3 is 15.5 Å². The van der Waals surface area contributed by atoms with Gasteiger partial charge in [-0.05, 0) is 48.3 Å². The number of carbonyl (C=O) groups excluding carboxylic acids is 3. The summed E-state index contributed by atoms with van der Waals surface area (Å²) in [7, 11) is 0. The number of hydrogen-bond donors (Lipinski definition) is 2. The number of benzene rings is 1. The monoisotopic (exact) mass is 429 g/mol. The molecular formula is C25H39N3O3. The molecule has 6 heteroatoms. The Kier molecular flexibility index (Phi) is 8.66. The SMILES string of the molecule is CCCNC(=O)C1CCN(C(=O)C(NC(=O)c2ccc(C(C)(C)C)cc2)C(C)C)CC1. The number of rotatable bonds is 7. The molecule has 1 aliphatic rings. The van der Waals surface area contributed by atoms with Crippen molar-refractivity contribution in [1.29, 1.82) is 0 Å². The summed E-state index contributed by atoms with van der Waals surface area (Å²) in [5.74, 6) is -0.287. The van der Waals surface area contributed by atoms with Crippen molar-refractivity contribution < 1.29 is 14.4 Å². The van der Waals surface area contributed by atoms with Crippen molar-refractivity contribution in [2.45, 2.75) is 72.3 Å². The van der Waals surface area contributed by atoms with Gasteiger partial charge in [0.1, 0.15) is 6.04 Å². The maximum Gasteiger partial charge on any atom is 0.251 e. The molecule has 0 aliphatic carbocycles. The predicted molar refractivity (Wildman–Crippen MR) is 124 cm³/mol. The Hall–Kier alpha value is -2.37. The average Bonchev–Trinajstić information content (AvgIpc) is 2.74. The third kappa shape index (κ3) is 6.81. The van der Waals surface area contributed by atoms with E-state index in [4.69, 9.17) is 0 Å². The Morgan fingerprint density at radius 2 is 1.65 bits per heavy atom. The molecule has 1 atom stereocenters. The molecule has 1 saturated heterocycles. The second-order valence-corrected chi connectivity index (χ2v) is 9.91. The van der Waals surface area contributed by atoms with Crippen LogP contribution in [0.15, 0.2) is 24.3 Å². The number of amides is 3. The van der Waals surface area contributed by atoms with Crippen LogP contribution in [0.25, 0.3) is 0 Å². The molecule has 3 amide bonds. The van der Waals surface area contributed by atoms with Crippen LogP contribution in [-0.2, 0) is 15.0 Å². The van der Waals surface area contributed by atoms with E-state index in [0.717, 1.165) is 12.0 Å². The van der Waals surface area contributed by atoms with Gasteiger partial charge in [-0.3, -0.25) is 14.4 Å². The Balaban J connectivity index is 1.98. The standard InChI is InChI=1S/C25H39N3O3/c1-7-14-26-22(29)19-12-15-28(16-13-19)24(31)21(17(2)3)27-23(30)18-8-10-20(11-9-18)25(4,5)6/h8-11,17,19,21H,7,12-16H2,1-6H3,(H,26,29)(H,27,30). The number of piperidine rings is 1. The van der Waals surface area contributed by atoms with Crippen LogP contribution in [0, 0.1) is 11.8 Å². The molecule has 1 unspecified atom stereocenters. The summed E-state index contributed by atoms with van der Waals surface area (Å²) in [5.41, 5.74) is 1.73. The van der Waals surface area contributed by atoms with E-state index in [2.05, 4.69) is 31.4 Å². The van der Waals surface area contributed by atoms with Crippen molar-refractivity contribution in [2.75, 3.05) is 19.6 Å². The number of likely N-dealkylation sites (tertiary alicyclic amines) is 1. The molecule has 0 radical (unpaired) electrons. The van der Waals surface area contributed by atoms with E-state index < -0.39 is 6.04 Å². The first-order chi connectivity index (χ1) is 14.5. The van der Waals surface area contributed by atoms with Crippen molar-refractivity contribution in [3.63, 3.8) is 0 Å². The molecule has 31 heavy (non-hydrogen) atoms. The largest absolute Gasteiger partial charge is 0.356 e. The molecule has 0 saturated carbocycles. The first-order valence-corrected chi connectivity index (χ1v) is 11.5. The molecule has 2 rings (SSSR count). The van der Waals surface area contributed by atoms with Crippen LogP contribution in [0.1, 0.15) is 76.7 Å². The van der Waals surface area contributed by atoms with Crippen LogP contribution in [0.3, 0.4) is 0 Å². The highest BCUT2D eigenvalue weighted by Crippen LogP contribution is 2.23. The zero-order valence-corrected chi connectivity index (χ0v) is 20.0. The average molecular weight is 430 g/mol. The Labute approximate surface area is 187 Å². The normalized spacial score (nSPS) is 16.2. The highest BCUT2D eigenvalue weighted by atomic mass is 16.2. The van der Waals surface area contributed by atoms with Gasteiger partial charge in [-0.2, -0.15) is 0 Å². The minimum absolute atomic E-state index is 0.0189. The Morgan fingerprint density at radius 3 is 2.13 bits per heavy atom. The summed E-state index contributed by atoms with van der Waals surface area (Å²) >= 11 is 0. The number of nitrogens with zero attached hydrogens (tertiary/aromatic N) is 1. The van der Waals surface area contributed by atoms with Crippen molar-refractivity contribution in [1.82, 2.24) is 15.5 Å². The third-order valence-corrected chi connectivity index (χ3v) is 5.96. The van der Waals surface area contributed by atoms with Crippen LogP contribution in [0.4, 0.5) is 0 Å². The van der Waals surface area contributed by atoms with Gasteiger partial charge in [0.15, 0.2) is 0 Å². The van der Waals surface area contributed by atoms with Crippen LogP contribution in [0.5, 0.6) is 0 Å². The van der Waals surface area contributed by atoms with Gasteiger partial charge in [-0.1, -0.05) is 53.7 Å². The van der Waals surface area contributed by atoms with Crippen molar-refractivity contribution in [2.24, 2.45) is 11.8 Å². The molecule has 6 nitrogen and oxygen atoms in total. The second kappa shape index (κ2) is 10.8. The van der Waals surface area contributed by atoms with E-state index in [1.165, 1.54) is 0 Å². The molecule has 1 aromatic carbocycles. The summed E-state index contributed by atoms with van der Waals surface area (Å²) in [6.45, 7) is 14.1. The Bertz CT molecular complexity index is 757. The Morgan fingerprint density at radius 1 is 1.06 bits per heavy atom. The molecule has 1 fully saturated rings. The van der Waals surface area contributed by atoms with Crippen LogP contribution < -0.4 is 10.6 Å². The van der Waals surface area contributed by atoms with E-state index in [-0.39, 0.29) is 35.0 Å².